The average Bonchev–Trinajstić information content (AvgIpc) is 2.67. The Labute approximate surface area is 191 Å². The molecule has 0 radical (unpaired) electrons. The minimum Gasteiger partial charge on any atom is -0.404 e. The molecule has 1 aromatic carbocycles. The van der Waals surface area contributed by atoms with Gasteiger partial charge in [-0.3, -0.25) is 4.79 Å². The molecule has 1 aliphatic rings. The largest absolute Gasteiger partial charge is 0.573 e. The number of hydrogen-bond acceptors (Lipinski definition) is 5. The predicted molar refractivity (Wildman–Crippen MR) is 107 cm³/mol. The third-order valence-electron chi connectivity index (χ3n) is 4.43. The second-order valence-corrected chi connectivity index (χ2v) is 10.0. The quantitative estimate of drug-likeness (QED) is 0.517. The van der Waals surface area contributed by atoms with E-state index in [9.17, 15) is 30.8 Å². The first-order chi connectivity index (χ1) is 14.3. The average molecular weight is 569 g/mol. The van der Waals surface area contributed by atoms with Crippen molar-refractivity contribution in [2.75, 3.05) is 13.1 Å². The fraction of sp³-hybridized carbons (Fsp3) is 0.375. The highest BCUT2D eigenvalue weighted by Gasteiger charge is 2.40. The lowest BCUT2D eigenvalue weighted by atomic mass is 10.1. The summed E-state index contributed by atoms with van der Waals surface area (Å²) in [6, 6.07) is 1.80. The number of benzene rings is 1. The number of ether oxygens (including phenoxy) is 1. The van der Waals surface area contributed by atoms with E-state index in [0.29, 0.717) is 4.31 Å². The molecule has 1 aromatic heterocycles. The third kappa shape index (κ3) is 5.16. The van der Waals surface area contributed by atoms with Crippen LogP contribution in [0.15, 0.2) is 38.6 Å². The zero-order chi connectivity index (χ0) is 23.1. The van der Waals surface area contributed by atoms with Crippen LogP contribution in [-0.4, -0.2) is 48.1 Å². The lowest BCUT2D eigenvalue weighted by Gasteiger charge is -2.34. The van der Waals surface area contributed by atoms with Crippen molar-refractivity contribution in [2.45, 2.75) is 29.9 Å². The van der Waals surface area contributed by atoms with Crippen molar-refractivity contribution in [3.63, 3.8) is 0 Å². The summed E-state index contributed by atoms with van der Waals surface area (Å²) >= 11 is 14.5. The maximum Gasteiger partial charge on any atom is 0.573 e. The summed E-state index contributed by atoms with van der Waals surface area (Å²) in [5.74, 6) is -0.949. The first kappa shape index (κ1) is 24.2. The van der Waals surface area contributed by atoms with Gasteiger partial charge in [-0.1, -0.05) is 39.1 Å². The van der Waals surface area contributed by atoms with Crippen LogP contribution in [0.4, 0.5) is 17.6 Å². The van der Waals surface area contributed by atoms with Crippen molar-refractivity contribution in [1.29, 1.82) is 0 Å². The lowest BCUT2D eigenvalue weighted by molar-refractivity contribution is -0.275. The van der Waals surface area contributed by atoms with Gasteiger partial charge in [-0.05, 0) is 24.6 Å². The van der Waals surface area contributed by atoms with Crippen LogP contribution in [0.25, 0.3) is 0 Å². The Balaban J connectivity index is 1.90. The molecule has 15 heteroatoms. The highest BCUT2D eigenvalue weighted by atomic mass is 79.9. The standard InChI is InChI=1S/C16H12BrCl2F4N3O4S/c17-8-1-2-12(30-16(21,22)23)13(5-8)31(28,29)25-4-3-11(10(20)7-25)26-15(27)14(19)9(18)6-24-26/h1-2,5-6,10-11H,3-4,7H2. The van der Waals surface area contributed by atoms with Crippen LogP contribution < -0.4 is 10.3 Å². The monoisotopic (exact) mass is 567 g/mol. The second-order valence-electron chi connectivity index (χ2n) is 6.43. The Morgan fingerprint density at radius 3 is 2.55 bits per heavy atom. The van der Waals surface area contributed by atoms with E-state index in [4.69, 9.17) is 23.2 Å². The van der Waals surface area contributed by atoms with E-state index in [1.165, 1.54) is 6.07 Å². The molecule has 0 saturated carbocycles. The Morgan fingerprint density at radius 2 is 1.94 bits per heavy atom. The van der Waals surface area contributed by atoms with Gasteiger partial charge in [0.1, 0.15) is 21.8 Å². The summed E-state index contributed by atoms with van der Waals surface area (Å²) in [6.45, 7) is -1.01. The van der Waals surface area contributed by atoms with Gasteiger partial charge in [-0.2, -0.15) is 9.40 Å². The molecule has 170 valence electrons. The van der Waals surface area contributed by atoms with Crippen LogP contribution in [0.5, 0.6) is 5.75 Å². The maximum absolute atomic E-state index is 14.9. The van der Waals surface area contributed by atoms with E-state index >= 15 is 0 Å². The van der Waals surface area contributed by atoms with E-state index in [0.717, 1.165) is 23.0 Å². The molecule has 1 fully saturated rings. The van der Waals surface area contributed by atoms with Gasteiger partial charge < -0.3 is 4.74 Å². The lowest BCUT2D eigenvalue weighted by Crippen LogP contribution is -2.47. The SMILES string of the molecule is O=c1c(Cl)c(Cl)cnn1C1CCN(S(=O)(=O)c2cc(Br)ccc2OC(F)(F)F)CC1F. The zero-order valence-electron chi connectivity index (χ0n) is 15.1. The number of sulfonamides is 1. The van der Waals surface area contributed by atoms with Crippen LogP contribution in [0.1, 0.15) is 12.5 Å². The van der Waals surface area contributed by atoms with E-state index in [2.05, 4.69) is 25.8 Å². The molecular weight excluding hydrogens is 557 g/mol. The van der Waals surface area contributed by atoms with E-state index in [1.54, 1.807) is 0 Å². The number of nitrogens with zero attached hydrogens (tertiary/aromatic N) is 3. The Kier molecular flexibility index (Phi) is 6.92. The van der Waals surface area contributed by atoms with Gasteiger partial charge >= 0.3 is 6.36 Å². The fourth-order valence-corrected chi connectivity index (χ4v) is 5.43. The molecule has 2 heterocycles. The number of rotatable bonds is 4. The molecule has 0 bridgehead atoms. The van der Waals surface area contributed by atoms with Gasteiger partial charge in [0.2, 0.25) is 10.0 Å². The van der Waals surface area contributed by atoms with Gasteiger partial charge in [-0.25, -0.2) is 17.5 Å². The van der Waals surface area contributed by atoms with Crippen molar-refractivity contribution in [1.82, 2.24) is 14.1 Å². The first-order valence-corrected chi connectivity index (χ1v) is 11.4. The predicted octanol–water partition coefficient (Wildman–Crippen LogP) is 4.19. The highest BCUT2D eigenvalue weighted by molar-refractivity contribution is 9.10. The van der Waals surface area contributed by atoms with Crippen molar-refractivity contribution in [3.8, 4) is 5.75 Å². The molecule has 1 aliphatic heterocycles. The third-order valence-corrected chi connectivity index (χ3v) is 7.56. The molecule has 2 atom stereocenters. The number of alkyl halides is 4. The van der Waals surface area contributed by atoms with Crippen LogP contribution in [0.2, 0.25) is 10.0 Å². The van der Waals surface area contributed by atoms with Crippen LogP contribution in [0.3, 0.4) is 0 Å². The topological polar surface area (TPSA) is 81.5 Å². The van der Waals surface area contributed by atoms with Crippen molar-refractivity contribution in [3.05, 3.63) is 49.3 Å². The van der Waals surface area contributed by atoms with Crippen molar-refractivity contribution < 1.29 is 30.7 Å². The van der Waals surface area contributed by atoms with Crippen LogP contribution in [0, 0.1) is 0 Å². The molecule has 0 amide bonds. The normalized spacial score (nSPS) is 20.6. The Hall–Kier alpha value is -1.41. The van der Waals surface area contributed by atoms with Crippen LogP contribution in [-0.2, 0) is 10.0 Å². The van der Waals surface area contributed by atoms with Gasteiger partial charge in [-0.15, -0.1) is 13.2 Å². The molecule has 3 rings (SSSR count). The maximum atomic E-state index is 14.9. The van der Waals surface area contributed by atoms with Gasteiger partial charge in [0.25, 0.3) is 5.56 Å². The van der Waals surface area contributed by atoms with E-state index in [1.807, 2.05) is 0 Å². The summed E-state index contributed by atoms with van der Waals surface area (Å²) in [5.41, 5.74) is -0.842. The number of piperidine rings is 1. The summed E-state index contributed by atoms with van der Waals surface area (Å²) in [7, 11) is -4.57. The summed E-state index contributed by atoms with van der Waals surface area (Å²) in [5, 5.41) is 3.27. The minimum absolute atomic E-state index is 0.120. The summed E-state index contributed by atoms with van der Waals surface area (Å²) in [6.07, 6.45) is -6.16. The van der Waals surface area contributed by atoms with Gasteiger partial charge in [0, 0.05) is 17.6 Å². The molecule has 7 nitrogen and oxygen atoms in total. The molecule has 2 unspecified atom stereocenters. The summed E-state index contributed by atoms with van der Waals surface area (Å²) < 4.78 is 84.4. The number of halogens is 7. The molecule has 0 spiro atoms. The minimum atomic E-state index is -5.13. The summed E-state index contributed by atoms with van der Waals surface area (Å²) in [4.78, 5) is 11.4. The zero-order valence-corrected chi connectivity index (χ0v) is 19.0. The first-order valence-electron chi connectivity index (χ1n) is 8.43. The van der Waals surface area contributed by atoms with Gasteiger partial charge in [0.15, 0.2) is 0 Å². The molecule has 1 saturated heterocycles. The number of hydrogen-bond donors (Lipinski definition) is 0. The van der Waals surface area contributed by atoms with Crippen molar-refractivity contribution >= 4 is 49.2 Å². The molecule has 2 aromatic rings. The smallest absolute Gasteiger partial charge is 0.404 e. The molecular formula is C16H12BrCl2F4N3O4S. The van der Waals surface area contributed by atoms with Crippen LogP contribution >= 0.6 is 39.1 Å². The second kappa shape index (κ2) is 8.85. The van der Waals surface area contributed by atoms with Crippen molar-refractivity contribution in [2.24, 2.45) is 0 Å². The fourth-order valence-electron chi connectivity index (χ4n) is 3.05. The Morgan fingerprint density at radius 1 is 1.26 bits per heavy atom. The molecule has 31 heavy (non-hydrogen) atoms. The Bertz CT molecular complexity index is 1160. The molecule has 0 N–H and O–H groups in total. The highest BCUT2D eigenvalue weighted by Crippen LogP contribution is 2.36. The van der Waals surface area contributed by atoms with E-state index < -0.39 is 51.3 Å². The van der Waals surface area contributed by atoms with E-state index in [-0.39, 0.29) is 27.5 Å². The number of aromatic nitrogens is 2. The van der Waals surface area contributed by atoms with Gasteiger partial charge in [0.05, 0.1) is 17.3 Å². The molecule has 0 aliphatic carbocycles.